The molecule has 1 unspecified atom stereocenters. The summed E-state index contributed by atoms with van der Waals surface area (Å²) in [6.45, 7) is 3.98. The van der Waals surface area contributed by atoms with Crippen LogP contribution in [0.2, 0.25) is 0 Å². The number of carbonyl (C=O) groups is 2. The van der Waals surface area contributed by atoms with Crippen LogP contribution in [0.4, 0.5) is 5.69 Å². The Labute approximate surface area is 131 Å². The molecule has 1 saturated carbocycles. The number of hydrogen-bond acceptors (Lipinski definition) is 5. The Morgan fingerprint density at radius 1 is 1.09 bits per heavy atom. The van der Waals surface area contributed by atoms with Gasteiger partial charge in [0.1, 0.15) is 0 Å². The van der Waals surface area contributed by atoms with Gasteiger partial charge >= 0.3 is 11.9 Å². The topological polar surface area (TPSA) is 55.8 Å². The largest absolute Gasteiger partial charge is 0.465 e. The molecule has 1 aromatic rings. The first-order valence-corrected chi connectivity index (χ1v) is 7.59. The molecule has 0 bridgehead atoms. The van der Waals surface area contributed by atoms with Gasteiger partial charge in [0.25, 0.3) is 0 Å². The van der Waals surface area contributed by atoms with Crippen molar-refractivity contribution < 1.29 is 19.1 Å². The second-order valence-electron chi connectivity index (χ2n) is 5.65. The normalized spacial score (nSPS) is 18.5. The van der Waals surface area contributed by atoms with E-state index in [9.17, 15) is 9.59 Å². The molecule has 0 N–H and O–H groups in total. The van der Waals surface area contributed by atoms with Gasteiger partial charge < -0.3 is 14.4 Å². The lowest BCUT2D eigenvalue weighted by atomic mass is 9.99. The second kappa shape index (κ2) is 6.38. The molecule has 1 aliphatic carbocycles. The van der Waals surface area contributed by atoms with Crippen LogP contribution in [0.25, 0.3) is 0 Å². The molecule has 1 fully saturated rings. The second-order valence-corrected chi connectivity index (χ2v) is 5.65. The highest BCUT2D eigenvalue weighted by Gasteiger charge is 2.68. The Kier molecular flexibility index (Phi) is 4.74. The van der Waals surface area contributed by atoms with Crippen LogP contribution < -0.4 is 4.90 Å². The van der Waals surface area contributed by atoms with E-state index >= 15 is 0 Å². The fraction of sp³-hybridized carbons (Fsp3) is 0.529. The van der Waals surface area contributed by atoms with Crippen molar-refractivity contribution >= 4 is 17.6 Å². The first-order chi connectivity index (χ1) is 10.5. The fourth-order valence-corrected chi connectivity index (χ4v) is 2.72. The Hall–Kier alpha value is -2.04. The number of ether oxygens (including phenoxy) is 2. The molecule has 0 saturated heterocycles. The van der Waals surface area contributed by atoms with E-state index in [-0.39, 0.29) is 19.1 Å². The van der Waals surface area contributed by atoms with Crippen molar-refractivity contribution in [2.75, 3.05) is 32.2 Å². The van der Waals surface area contributed by atoms with E-state index < -0.39 is 17.4 Å². The summed E-state index contributed by atoms with van der Waals surface area (Å²) in [5.41, 5.74) is 0.875. The molecule has 1 aliphatic rings. The van der Waals surface area contributed by atoms with Crippen LogP contribution in [0.1, 0.15) is 31.7 Å². The minimum absolute atomic E-state index is 0.165. The van der Waals surface area contributed by atoms with Crippen LogP contribution in [0, 0.1) is 5.41 Å². The molecule has 120 valence electrons. The van der Waals surface area contributed by atoms with Gasteiger partial charge in [0.2, 0.25) is 0 Å². The fourth-order valence-electron chi connectivity index (χ4n) is 2.72. The van der Waals surface area contributed by atoms with E-state index in [0.29, 0.717) is 6.42 Å². The van der Waals surface area contributed by atoms with E-state index in [1.165, 1.54) is 0 Å². The van der Waals surface area contributed by atoms with Gasteiger partial charge in [-0.3, -0.25) is 9.59 Å². The van der Waals surface area contributed by atoms with Gasteiger partial charge in [-0.15, -0.1) is 0 Å². The molecule has 0 amide bonds. The van der Waals surface area contributed by atoms with Crippen LogP contribution in [0.5, 0.6) is 0 Å². The van der Waals surface area contributed by atoms with Crippen molar-refractivity contribution in [1.82, 2.24) is 0 Å². The van der Waals surface area contributed by atoms with Crippen molar-refractivity contribution in [3.63, 3.8) is 0 Å². The highest BCUT2D eigenvalue weighted by atomic mass is 16.6. The number of anilines is 1. The molecule has 5 heteroatoms. The summed E-state index contributed by atoms with van der Waals surface area (Å²) < 4.78 is 10.2. The van der Waals surface area contributed by atoms with Crippen LogP contribution >= 0.6 is 0 Å². The van der Waals surface area contributed by atoms with Gasteiger partial charge in [0.05, 0.1) is 13.2 Å². The monoisotopic (exact) mass is 305 g/mol. The van der Waals surface area contributed by atoms with Gasteiger partial charge in [-0.25, -0.2) is 0 Å². The Bertz CT molecular complexity index is 532. The van der Waals surface area contributed by atoms with Gasteiger partial charge in [0.15, 0.2) is 5.41 Å². The van der Waals surface area contributed by atoms with E-state index in [2.05, 4.69) is 0 Å². The Morgan fingerprint density at radius 3 is 2.00 bits per heavy atom. The third kappa shape index (κ3) is 2.80. The molecule has 1 atom stereocenters. The molecule has 0 radical (unpaired) electrons. The van der Waals surface area contributed by atoms with E-state index in [1.807, 2.05) is 43.3 Å². The number of esters is 2. The first-order valence-electron chi connectivity index (χ1n) is 7.59. The maximum absolute atomic E-state index is 12.3. The van der Waals surface area contributed by atoms with E-state index in [1.54, 1.807) is 13.8 Å². The molecule has 0 aromatic heterocycles. The van der Waals surface area contributed by atoms with Crippen molar-refractivity contribution in [1.29, 1.82) is 0 Å². The van der Waals surface area contributed by atoms with Gasteiger partial charge in [-0.2, -0.15) is 0 Å². The maximum atomic E-state index is 12.3. The summed E-state index contributed by atoms with van der Waals surface area (Å²) in [4.78, 5) is 26.5. The summed E-state index contributed by atoms with van der Waals surface area (Å²) in [5.74, 6) is -1.12. The maximum Gasteiger partial charge on any atom is 0.324 e. The zero-order chi connectivity index (χ0) is 16.3. The highest BCUT2D eigenvalue weighted by Crippen LogP contribution is 2.61. The highest BCUT2D eigenvalue weighted by molar-refractivity contribution is 6.05. The summed E-state index contributed by atoms with van der Waals surface area (Å²) >= 11 is 0. The van der Waals surface area contributed by atoms with Crippen molar-refractivity contribution in [2.24, 2.45) is 5.41 Å². The van der Waals surface area contributed by atoms with Crippen LogP contribution in [0.15, 0.2) is 24.3 Å². The van der Waals surface area contributed by atoms with Crippen molar-refractivity contribution in [2.45, 2.75) is 26.2 Å². The van der Waals surface area contributed by atoms with Crippen LogP contribution in [-0.2, 0) is 19.1 Å². The molecule has 2 rings (SSSR count). The molecule has 22 heavy (non-hydrogen) atoms. The molecule has 0 heterocycles. The molecule has 0 aliphatic heterocycles. The number of carbonyl (C=O) groups excluding carboxylic acids is 2. The minimum Gasteiger partial charge on any atom is -0.465 e. The van der Waals surface area contributed by atoms with Gasteiger partial charge in [-0.1, -0.05) is 12.1 Å². The molecule has 1 aromatic carbocycles. The number of nitrogens with zero attached hydrogens (tertiary/aromatic N) is 1. The first kappa shape index (κ1) is 16.3. The molecule has 0 spiro atoms. The summed E-state index contributed by atoms with van der Waals surface area (Å²) in [6.07, 6.45) is 0.450. The zero-order valence-corrected chi connectivity index (χ0v) is 13.6. The third-order valence-corrected chi connectivity index (χ3v) is 4.05. The van der Waals surface area contributed by atoms with E-state index in [4.69, 9.17) is 9.47 Å². The lowest BCUT2D eigenvalue weighted by Gasteiger charge is -2.16. The Morgan fingerprint density at radius 2 is 1.59 bits per heavy atom. The van der Waals surface area contributed by atoms with Gasteiger partial charge in [-0.05, 0) is 38.0 Å². The summed E-state index contributed by atoms with van der Waals surface area (Å²) in [5, 5.41) is 0. The van der Waals surface area contributed by atoms with Crippen molar-refractivity contribution in [3.05, 3.63) is 29.8 Å². The molecular weight excluding hydrogens is 282 g/mol. The number of benzene rings is 1. The average Bonchev–Trinajstić information content (AvgIpc) is 3.25. The van der Waals surface area contributed by atoms with E-state index in [0.717, 1.165) is 11.3 Å². The SMILES string of the molecule is CCOC(=O)C1(C(=O)OCC)CC1c1ccc(N(C)C)cc1. The summed E-state index contributed by atoms with van der Waals surface area (Å²) in [6, 6.07) is 7.88. The predicted octanol–water partition coefficient (Wildman–Crippen LogP) is 2.35. The standard InChI is InChI=1S/C17H23NO4/c1-5-21-15(19)17(16(20)22-6-2)11-14(17)12-7-9-13(10-8-12)18(3)4/h7-10,14H,5-6,11H2,1-4H3. The molecule has 5 nitrogen and oxygen atoms in total. The zero-order valence-electron chi connectivity index (χ0n) is 13.6. The third-order valence-electron chi connectivity index (χ3n) is 4.05. The minimum atomic E-state index is -1.16. The predicted molar refractivity (Wildman–Crippen MR) is 83.8 cm³/mol. The average molecular weight is 305 g/mol. The Balaban J connectivity index is 2.24. The van der Waals surface area contributed by atoms with Gasteiger partial charge in [0, 0.05) is 25.7 Å². The van der Waals surface area contributed by atoms with Crippen LogP contribution in [-0.4, -0.2) is 39.2 Å². The summed E-state index contributed by atoms with van der Waals surface area (Å²) in [7, 11) is 3.93. The quantitative estimate of drug-likeness (QED) is 0.596. The lowest BCUT2D eigenvalue weighted by molar-refractivity contribution is -0.164. The van der Waals surface area contributed by atoms with Crippen molar-refractivity contribution in [3.8, 4) is 0 Å². The number of hydrogen-bond donors (Lipinski definition) is 0. The number of rotatable bonds is 6. The smallest absolute Gasteiger partial charge is 0.324 e. The van der Waals surface area contributed by atoms with Crippen LogP contribution in [0.3, 0.4) is 0 Å². The lowest BCUT2D eigenvalue weighted by Crippen LogP contribution is -2.31. The molecular formula is C17H23NO4.